The number of anilines is 1. The number of hydrogen-bond acceptors (Lipinski definition) is 4. The molecule has 1 aromatic carbocycles. The molecule has 0 saturated heterocycles. The molecule has 0 aliphatic heterocycles. The third-order valence-electron chi connectivity index (χ3n) is 4.30. The van der Waals surface area contributed by atoms with Gasteiger partial charge in [0.15, 0.2) is 5.05 Å². The van der Waals surface area contributed by atoms with Crippen molar-refractivity contribution in [2.24, 2.45) is 0 Å². The maximum absolute atomic E-state index is 13.6. The lowest BCUT2D eigenvalue weighted by molar-refractivity contribution is 0.197. The lowest BCUT2D eigenvalue weighted by Crippen LogP contribution is -2.26. The van der Waals surface area contributed by atoms with Crippen LogP contribution in [0.25, 0.3) is 0 Å². The van der Waals surface area contributed by atoms with Gasteiger partial charge in [-0.1, -0.05) is 51.9 Å². The third-order valence-corrected chi connectivity index (χ3v) is 5.90. The zero-order valence-corrected chi connectivity index (χ0v) is 18.3. The minimum atomic E-state index is -3.93. The van der Waals surface area contributed by atoms with Crippen LogP contribution in [0.2, 0.25) is 0 Å². The van der Waals surface area contributed by atoms with E-state index in [4.69, 9.17) is 17.0 Å². The molecule has 8 heteroatoms. The molecule has 0 bridgehead atoms. The molecule has 0 aliphatic carbocycles. The van der Waals surface area contributed by atoms with Gasteiger partial charge in [0.2, 0.25) is 10.0 Å². The Morgan fingerprint density at radius 1 is 1.11 bits per heavy atom. The molecule has 28 heavy (non-hydrogen) atoms. The summed E-state index contributed by atoms with van der Waals surface area (Å²) in [6.07, 6.45) is 10.3. The third kappa shape index (κ3) is 10.9. The molecule has 0 fully saturated rings. The molecule has 0 aromatic heterocycles. The average molecular weight is 436 g/mol. The van der Waals surface area contributed by atoms with Crippen molar-refractivity contribution in [3.8, 4) is 0 Å². The summed E-state index contributed by atoms with van der Waals surface area (Å²) >= 11 is 5.01. The minimum absolute atomic E-state index is 0.0675. The van der Waals surface area contributed by atoms with Crippen LogP contribution in [0.1, 0.15) is 71.6 Å². The normalized spacial score (nSPS) is 12.6. The lowest BCUT2D eigenvalue weighted by atomic mass is 10.1. The molecule has 4 nitrogen and oxygen atoms in total. The smallest absolute Gasteiger partial charge is 0.241 e. The van der Waals surface area contributed by atoms with Gasteiger partial charge >= 0.3 is 0 Å². The molecule has 160 valence electrons. The highest BCUT2D eigenvalue weighted by Crippen LogP contribution is 2.17. The van der Waals surface area contributed by atoms with E-state index in [2.05, 4.69) is 11.6 Å². The largest absolute Gasteiger partial charge is 0.483 e. The summed E-state index contributed by atoms with van der Waals surface area (Å²) < 4.78 is 58.2. The number of ether oxygens (including phenoxy) is 1. The second-order valence-electron chi connectivity index (χ2n) is 7.05. The van der Waals surface area contributed by atoms with E-state index in [0.29, 0.717) is 6.07 Å². The highest BCUT2D eigenvalue weighted by molar-refractivity contribution is 7.95. The Labute approximate surface area is 173 Å². The van der Waals surface area contributed by atoms with E-state index >= 15 is 0 Å². The van der Waals surface area contributed by atoms with Crippen LogP contribution in [0.15, 0.2) is 18.2 Å². The summed E-state index contributed by atoms with van der Waals surface area (Å²) in [5.74, 6) is -2.33. The SMILES string of the molecule is CCCCCCCCCCC(C)OC(=S)CS(=O)(=O)Nc1ccc(F)cc1F. The van der Waals surface area contributed by atoms with Gasteiger partial charge in [-0.3, -0.25) is 4.72 Å². The molecule has 1 unspecified atom stereocenters. The van der Waals surface area contributed by atoms with Crippen LogP contribution in [0, 0.1) is 11.6 Å². The van der Waals surface area contributed by atoms with E-state index < -0.39 is 27.4 Å². The van der Waals surface area contributed by atoms with E-state index in [1.807, 2.05) is 6.92 Å². The van der Waals surface area contributed by atoms with Crippen molar-refractivity contribution in [2.75, 3.05) is 10.5 Å². The summed E-state index contributed by atoms with van der Waals surface area (Å²) in [5, 5.41) is -0.0675. The number of nitrogens with one attached hydrogen (secondary N) is 1. The number of sulfonamides is 1. The summed E-state index contributed by atoms with van der Waals surface area (Å²) in [4.78, 5) is 0. The van der Waals surface area contributed by atoms with E-state index in [0.717, 1.165) is 31.4 Å². The van der Waals surface area contributed by atoms with Crippen LogP contribution in [0.4, 0.5) is 14.5 Å². The molecular weight excluding hydrogens is 404 g/mol. The monoisotopic (exact) mass is 435 g/mol. The first kappa shape index (κ1) is 24.8. The van der Waals surface area contributed by atoms with E-state index in [1.54, 1.807) is 0 Å². The summed E-state index contributed by atoms with van der Waals surface area (Å²) in [6.45, 7) is 4.06. The zero-order valence-electron chi connectivity index (χ0n) is 16.7. The van der Waals surface area contributed by atoms with Gasteiger partial charge in [0.05, 0.1) is 11.8 Å². The van der Waals surface area contributed by atoms with Gasteiger partial charge in [0, 0.05) is 6.07 Å². The van der Waals surface area contributed by atoms with Gasteiger partial charge in [0.25, 0.3) is 0 Å². The Hall–Kier alpha value is -1.28. The Morgan fingerprint density at radius 3 is 2.32 bits per heavy atom. The fourth-order valence-corrected chi connectivity index (χ4v) is 4.39. The van der Waals surface area contributed by atoms with Crippen LogP contribution in [0.5, 0.6) is 0 Å². The molecule has 0 amide bonds. The number of hydrogen-bond donors (Lipinski definition) is 1. The molecule has 1 atom stereocenters. The fourth-order valence-electron chi connectivity index (χ4n) is 2.81. The lowest BCUT2D eigenvalue weighted by Gasteiger charge is -2.16. The van der Waals surface area contributed by atoms with Crippen LogP contribution in [-0.4, -0.2) is 25.3 Å². The molecule has 0 saturated carbocycles. The maximum atomic E-state index is 13.6. The standard InChI is InChI=1S/C20H31F2NO3S2/c1-3-4-5-6-7-8-9-10-11-16(2)26-20(27)15-28(24,25)23-19-13-12-17(21)14-18(19)22/h12-14,16,23H,3-11,15H2,1-2H3. The van der Waals surface area contributed by atoms with Crippen molar-refractivity contribution in [3.05, 3.63) is 29.8 Å². The van der Waals surface area contributed by atoms with Crippen molar-refractivity contribution in [1.29, 1.82) is 0 Å². The second kappa shape index (κ2) is 13.0. The van der Waals surface area contributed by atoms with Gasteiger partial charge in [-0.05, 0) is 44.1 Å². The van der Waals surface area contributed by atoms with E-state index in [9.17, 15) is 17.2 Å². The number of rotatable bonds is 14. The Morgan fingerprint density at radius 2 is 1.71 bits per heavy atom. The van der Waals surface area contributed by atoms with Crippen molar-refractivity contribution in [2.45, 2.75) is 77.7 Å². The molecule has 0 aliphatic rings. The highest BCUT2D eigenvalue weighted by atomic mass is 32.2. The Bertz CT molecular complexity index is 711. The molecule has 1 rings (SSSR count). The van der Waals surface area contributed by atoms with E-state index in [-0.39, 0.29) is 16.8 Å². The molecule has 0 radical (unpaired) electrons. The highest BCUT2D eigenvalue weighted by Gasteiger charge is 2.18. The molecule has 0 heterocycles. The summed E-state index contributed by atoms with van der Waals surface area (Å²) in [7, 11) is -3.93. The molecule has 1 N–H and O–H groups in total. The van der Waals surface area contributed by atoms with Gasteiger partial charge in [-0.25, -0.2) is 17.2 Å². The first-order chi connectivity index (χ1) is 13.2. The van der Waals surface area contributed by atoms with Gasteiger partial charge in [-0.15, -0.1) is 0 Å². The van der Waals surface area contributed by atoms with Crippen molar-refractivity contribution < 1.29 is 21.9 Å². The van der Waals surface area contributed by atoms with Gasteiger partial charge in [-0.2, -0.15) is 0 Å². The van der Waals surface area contributed by atoms with Crippen molar-refractivity contribution in [1.82, 2.24) is 0 Å². The van der Waals surface area contributed by atoms with Crippen LogP contribution >= 0.6 is 12.2 Å². The van der Waals surface area contributed by atoms with Gasteiger partial charge < -0.3 is 4.74 Å². The maximum Gasteiger partial charge on any atom is 0.241 e. The van der Waals surface area contributed by atoms with Crippen molar-refractivity contribution in [3.63, 3.8) is 0 Å². The van der Waals surface area contributed by atoms with Crippen LogP contribution < -0.4 is 4.72 Å². The molecule has 1 aromatic rings. The van der Waals surface area contributed by atoms with Crippen LogP contribution in [-0.2, 0) is 14.8 Å². The predicted molar refractivity (Wildman–Crippen MR) is 114 cm³/mol. The first-order valence-electron chi connectivity index (χ1n) is 9.88. The molecule has 0 spiro atoms. The number of benzene rings is 1. The summed E-state index contributed by atoms with van der Waals surface area (Å²) in [5.41, 5.74) is -0.323. The topological polar surface area (TPSA) is 55.4 Å². The fraction of sp³-hybridized carbons (Fsp3) is 0.650. The predicted octanol–water partition coefficient (Wildman–Crippen LogP) is 5.97. The van der Waals surface area contributed by atoms with E-state index in [1.165, 1.54) is 38.5 Å². The number of thiocarbonyl (C=S) groups is 1. The second-order valence-corrected chi connectivity index (χ2v) is 9.23. The molecular formula is C20H31F2NO3S2. The average Bonchev–Trinajstić information content (AvgIpc) is 2.59. The quantitative estimate of drug-likeness (QED) is 0.289. The number of unbranched alkanes of at least 4 members (excludes halogenated alkanes) is 7. The summed E-state index contributed by atoms with van der Waals surface area (Å²) in [6, 6.07) is 2.61. The first-order valence-corrected chi connectivity index (χ1v) is 11.9. The Kier molecular flexibility index (Phi) is 11.5. The van der Waals surface area contributed by atoms with Gasteiger partial charge in [0.1, 0.15) is 17.4 Å². The number of halogens is 2. The minimum Gasteiger partial charge on any atom is -0.483 e. The van der Waals surface area contributed by atoms with Crippen molar-refractivity contribution >= 4 is 33.0 Å². The zero-order chi connectivity index (χ0) is 21.0. The Balaban J connectivity index is 2.28. The van der Waals surface area contributed by atoms with Crippen LogP contribution in [0.3, 0.4) is 0 Å².